The van der Waals surface area contributed by atoms with E-state index < -0.39 is 5.97 Å². The van der Waals surface area contributed by atoms with Gasteiger partial charge < -0.3 is 9.84 Å². The predicted molar refractivity (Wildman–Crippen MR) is 95.9 cm³/mol. The number of esters is 1. The first-order valence-electron chi connectivity index (χ1n) is 9.76. The summed E-state index contributed by atoms with van der Waals surface area (Å²) in [6, 6.07) is 0. The average molecular weight is 338 g/mol. The highest BCUT2D eigenvalue weighted by molar-refractivity contribution is 6.19. The zero-order valence-corrected chi connectivity index (χ0v) is 15.4. The third-order valence-corrected chi connectivity index (χ3v) is 4.59. The van der Waals surface area contributed by atoms with Crippen molar-refractivity contribution in [2.75, 3.05) is 0 Å². The minimum Gasteiger partial charge on any atom is -0.511 e. The van der Waals surface area contributed by atoms with Gasteiger partial charge in [-0.2, -0.15) is 0 Å². The van der Waals surface area contributed by atoms with Gasteiger partial charge in [-0.25, -0.2) is 4.79 Å². The number of rotatable bonds is 12. The Morgan fingerprint density at radius 2 is 1.54 bits per heavy atom. The molecule has 0 aromatic rings. The highest BCUT2D eigenvalue weighted by atomic mass is 16.5. The molecule has 0 aromatic heterocycles. The highest BCUT2D eigenvalue weighted by Crippen LogP contribution is 2.23. The summed E-state index contributed by atoms with van der Waals surface area (Å²) in [7, 11) is 0. The van der Waals surface area contributed by atoms with Crippen LogP contribution in [0.5, 0.6) is 0 Å². The summed E-state index contributed by atoms with van der Waals surface area (Å²) in [5, 5.41) is 10.1. The van der Waals surface area contributed by atoms with Gasteiger partial charge in [0.2, 0.25) is 0 Å². The zero-order valence-electron chi connectivity index (χ0n) is 15.4. The topological polar surface area (TPSA) is 63.6 Å². The number of aliphatic hydroxyl groups excluding tert-OH is 1. The van der Waals surface area contributed by atoms with Gasteiger partial charge in [-0.15, -0.1) is 0 Å². The van der Waals surface area contributed by atoms with Crippen LogP contribution >= 0.6 is 0 Å². The maximum atomic E-state index is 12.1. The summed E-state index contributed by atoms with van der Waals surface area (Å²) in [4.78, 5) is 24.0. The standard InChI is InChI=1S/C20H34O4/c1-3-5-6-7-8-9-10-11-12-14-17(21)19-18(22)15-16(13-4-2)24-20(19)23/h16,21H,3-15H2,1-2H3/b19-17+. The fourth-order valence-corrected chi connectivity index (χ4v) is 3.16. The third kappa shape index (κ3) is 7.50. The SMILES string of the molecule is CCCCCCCCCCC/C(O)=C1/C(=O)CC(CCC)OC1=O. The fourth-order valence-electron chi connectivity index (χ4n) is 3.16. The Kier molecular flexibility index (Phi) is 10.4. The van der Waals surface area contributed by atoms with E-state index in [1.54, 1.807) is 0 Å². The number of unbranched alkanes of at least 4 members (excludes halogenated alkanes) is 8. The van der Waals surface area contributed by atoms with E-state index in [1.807, 2.05) is 6.92 Å². The molecule has 0 radical (unpaired) electrons. The second kappa shape index (κ2) is 12.1. The quantitative estimate of drug-likeness (QED) is 0.170. The van der Waals surface area contributed by atoms with Gasteiger partial charge in [-0.1, -0.05) is 71.6 Å². The molecule has 1 saturated heterocycles. The van der Waals surface area contributed by atoms with Crippen LogP contribution in [0.3, 0.4) is 0 Å². The third-order valence-electron chi connectivity index (χ3n) is 4.59. The number of cyclic esters (lactones) is 1. The molecule has 0 spiro atoms. The maximum absolute atomic E-state index is 12.1. The minimum absolute atomic E-state index is 0.0807. The smallest absolute Gasteiger partial charge is 0.345 e. The number of ketones is 1. The summed E-state index contributed by atoms with van der Waals surface area (Å²) >= 11 is 0. The summed E-state index contributed by atoms with van der Waals surface area (Å²) < 4.78 is 5.24. The molecule has 1 heterocycles. The van der Waals surface area contributed by atoms with E-state index in [1.165, 1.54) is 38.5 Å². The van der Waals surface area contributed by atoms with Crippen molar-refractivity contribution in [2.24, 2.45) is 0 Å². The Hall–Kier alpha value is -1.32. The first-order chi connectivity index (χ1) is 11.6. The molecule has 0 saturated carbocycles. The number of ether oxygens (including phenoxy) is 1. The molecule has 1 rings (SSSR count). The van der Waals surface area contributed by atoms with Crippen molar-refractivity contribution in [2.45, 2.75) is 103 Å². The van der Waals surface area contributed by atoms with Crippen LogP contribution in [0.2, 0.25) is 0 Å². The Labute approximate surface area is 146 Å². The second-order valence-electron chi connectivity index (χ2n) is 6.84. The molecule has 1 N–H and O–H groups in total. The maximum Gasteiger partial charge on any atom is 0.345 e. The summed E-state index contributed by atoms with van der Waals surface area (Å²) in [6.45, 7) is 4.21. The van der Waals surface area contributed by atoms with Gasteiger partial charge in [0, 0.05) is 12.8 Å². The van der Waals surface area contributed by atoms with E-state index in [-0.39, 0.29) is 29.6 Å². The number of carbonyl (C=O) groups is 2. The van der Waals surface area contributed by atoms with Gasteiger partial charge in [-0.3, -0.25) is 4.79 Å². The second-order valence-corrected chi connectivity index (χ2v) is 6.84. The molecule has 1 aliphatic heterocycles. The van der Waals surface area contributed by atoms with Crippen LogP contribution in [-0.4, -0.2) is 23.0 Å². The zero-order chi connectivity index (χ0) is 17.8. The number of carbonyl (C=O) groups excluding carboxylic acids is 2. The molecule has 0 bridgehead atoms. The lowest BCUT2D eigenvalue weighted by molar-refractivity contribution is -0.151. The molecule has 1 atom stereocenters. The lowest BCUT2D eigenvalue weighted by Crippen LogP contribution is -2.33. The first kappa shape index (κ1) is 20.7. The van der Waals surface area contributed by atoms with Crippen molar-refractivity contribution in [3.63, 3.8) is 0 Å². The number of allylic oxidation sites excluding steroid dienone is 1. The van der Waals surface area contributed by atoms with Crippen molar-refractivity contribution in [1.29, 1.82) is 0 Å². The fraction of sp³-hybridized carbons (Fsp3) is 0.800. The van der Waals surface area contributed by atoms with Gasteiger partial charge in [0.05, 0.1) is 0 Å². The lowest BCUT2D eigenvalue weighted by Gasteiger charge is -2.23. The molecule has 138 valence electrons. The van der Waals surface area contributed by atoms with E-state index in [0.717, 1.165) is 25.7 Å². The molecule has 4 nitrogen and oxygen atoms in total. The van der Waals surface area contributed by atoms with Gasteiger partial charge in [-0.05, 0) is 12.8 Å². The van der Waals surface area contributed by atoms with E-state index >= 15 is 0 Å². The van der Waals surface area contributed by atoms with Gasteiger partial charge in [0.15, 0.2) is 5.78 Å². The van der Waals surface area contributed by atoms with E-state index in [4.69, 9.17) is 4.74 Å². The molecule has 1 fully saturated rings. The molecule has 1 unspecified atom stereocenters. The van der Waals surface area contributed by atoms with Crippen LogP contribution in [0.4, 0.5) is 0 Å². The monoisotopic (exact) mass is 338 g/mol. The van der Waals surface area contributed by atoms with Gasteiger partial charge in [0.25, 0.3) is 0 Å². The van der Waals surface area contributed by atoms with Crippen LogP contribution in [0.15, 0.2) is 11.3 Å². The molecule has 1 aliphatic rings. The molecule has 0 aromatic carbocycles. The van der Waals surface area contributed by atoms with Crippen molar-refractivity contribution in [3.05, 3.63) is 11.3 Å². The number of aliphatic hydroxyl groups is 1. The Morgan fingerprint density at radius 3 is 2.08 bits per heavy atom. The average Bonchev–Trinajstić information content (AvgIpc) is 2.53. The van der Waals surface area contributed by atoms with Gasteiger partial charge in [0.1, 0.15) is 17.4 Å². The van der Waals surface area contributed by atoms with Crippen LogP contribution in [0.1, 0.15) is 97.3 Å². The normalized spacial score (nSPS) is 20.2. The molecule has 4 heteroatoms. The molecule has 0 aliphatic carbocycles. The number of hydrogen-bond acceptors (Lipinski definition) is 4. The lowest BCUT2D eigenvalue weighted by atomic mass is 9.96. The molecular formula is C20H34O4. The van der Waals surface area contributed by atoms with E-state index in [2.05, 4.69) is 6.92 Å². The van der Waals surface area contributed by atoms with Gasteiger partial charge >= 0.3 is 5.97 Å². The van der Waals surface area contributed by atoms with Crippen LogP contribution in [-0.2, 0) is 14.3 Å². The number of Topliss-reactive ketones (excluding diaryl/α,β-unsaturated/α-hetero) is 1. The number of hydrogen-bond donors (Lipinski definition) is 1. The van der Waals surface area contributed by atoms with Crippen LogP contribution < -0.4 is 0 Å². The van der Waals surface area contributed by atoms with Crippen molar-refractivity contribution in [3.8, 4) is 0 Å². The Bertz CT molecular complexity index is 405. The summed E-state index contributed by atoms with van der Waals surface area (Å²) in [5.41, 5.74) is -0.109. The van der Waals surface area contributed by atoms with Crippen molar-refractivity contribution in [1.82, 2.24) is 0 Å². The van der Waals surface area contributed by atoms with Crippen molar-refractivity contribution >= 4 is 11.8 Å². The molecular weight excluding hydrogens is 304 g/mol. The minimum atomic E-state index is -0.641. The molecule has 0 amide bonds. The van der Waals surface area contributed by atoms with E-state index in [9.17, 15) is 14.7 Å². The van der Waals surface area contributed by atoms with Crippen LogP contribution in [0, 0.1) is 0 Å². The first-order valence-corrected chi connectivity index (χ1v) is 9.76. The van der Waals surface area contributed by atoms with Crippen molar-refractivity contribution < 1.29 is 19.4 Å². The Balaban J connectivity index is 2.26. The molecule has 24 heavy (non-hydrogen) atoms. The summed E-state index contributed by atoms with van der Waals surface area (Å²) in [5.74, 6) is -0.987. The highest BCUT2D eigenvalue weighted by Gasteiger charge is 2.34. The van der Waals surface area contributed by atoms with E-state index in [0.29, 0.717) is 12.8 Å². The summed E-state index contributed by atoms with van der Waals surface area (Å²) in [6.07, 6.45) is 12.5. The predicted octanol–water partition coefficient (Wildman–Crippen LogP) is 5.40. The largest absolute Gasteiger partial charge is 0.511 e. The Morgan fingerprint density at radius 1 is 0.958 bits per heavy atom. The van der Waals surface area contributed by atoms with Crippen LogP contribution in [0.25, 0.3) is 0 Å².